The Morgan fingerprint density at radius 2 is 1.97 bits per heavy atom. The van der Waals surface area contributed by atoms with E-state index in [0.29, 0.717) is 37.8 Å². The molecule has 1 heterocycles. The van der Waals surface area contributed by atoms with Gasteiger partial charge in [-0.2, -0.15) is 0 Å². The van der Waals surface area contributed by atoms with Gasteiger partial charge in [0.2, 0.25) is 0 Å². The zero-order valence-corrected chi connectivity index (χ0v) is 16.7. The molecule has 30 heavy (non-hydrogen) atoms. The van der Waals surface area contributed by atoms with Gasteiger partial charge in [-0.15, -0.1) is 0 Å². The summed E-state index contributed by atoms with van der Waals surface area (Å²) in [5, 5.41) is 11.9. The van der Waals surface area contributed by atoms with Gasteiger partial charge in [-0.3, -0.25) is 14.8 Å². The van der Waals surface area contributed by atoms with Crippen LogP contribution in [0.3, 0.4) is 0 Å². The molecule has 0 radical (unpaired) electrons. The van der Waals surface area contributed by atoms with Crippen LogP contribution in [0.5, 0.6) is 11.5 Å². The van der Waals surface area contributed by atoms with E-state index in [-0.39, 0.29) is 19.1 Å². The van der Waals surface area contributed by atoms with Crippen molar-refractivity contribution in [1.29, 1.82) is 0 Å². The maximum Gasteiger partial charge on any atom is 0.281 e. The van der Waals surface area contributed by atoms with Crippen LogP contribution in [0, 0.1) is 0 Å². The zero-order chi connectivity index (χ0) is 21.3. The number of carbonyl (C=O) groups is 2. The van der Waals surface area contributed by atoms with Gasteiger partial charge in [-0.25, -0.2) is 5.48 Å². The summed E-state index contributed by atoms with van der Waals surface area (Å²) in [4.78, 5) is 24.8. The van der Waals surface area contributed by atoms with Crippen molar-refractivity contribution in [2.45, 2.75) is 13.5 Å². The van der Waals surface area contributed by atoms with Gasteiger partial charge in [0.25, 0.3) is 11.8 Å². The van der Waals surface area contributed by atoms with Crippen molar-refractivity contribution in [2.24, 2.45) is 0 Å². The number of amides is 2. The molecular formula is C21H25N3O6. The molecule has 1 fully saturated rings. The minimum atomic E-state index is -0.648. The van der Waals surface area contributed by atoms with E-state index < -0.39 is 5.91 Å². The second kappa shape index (κ2) is 10.5. The molecule has 0 bridgehead atoms. The minimum Gasteiger partial charge on any atom is -0.490 e. The first kappa shape index (κ1) is 21.4. The summed E-state index contributed by atoms with van der Waals surface area (Å²) in [6.45, 7) is 3.75. The first-order valence-electron chi connectivity index (χ1n) is 9.64. The number of benzene rings is 2. The molecule has 0 unspecified atom stereocenters. The molecule has 3 N–H and O–H groups in total. The molecule has 0 aromatic heterocycles. The number of ether oxygens (including phenoxy) is 3. The fourth-order valence-electron chi connectivity index (χ4n) is 2.98. The third-order valence-electron chi connectivity index (χ3n) is 4.45. The van der Waals surface area contributed by atoms with Gasteiger partial charge < -0.3 is 24.4 Å². The van der Waals surface area contributed by atoms with Crippen LogP contribution < -0.4 is 25.2 Å². The lowest BCUT2D eigenvalue weighted by atomic mass is 10.2. The number of hydroxylamine groups is 1. The maximum atomic E-state index is 11.9. The molecule has 0 saturated carbocycles. The van der Waals surface area contributed by atoms with Crippen molar-refractivity contribution >= 4 is 23.2 Å². The molecule has 160 valence electrons. The Morgan fingerprint density at radius 3 is 2.67 bits per heavy atom. The quantitative estimate of drug-likeness (QED) is 0.424. The summed E-state index contributed by atoms with van der Waals surface area (Å²) in [6.07, 6.45) is 0. The first-order valence-corrected chi connectivity index (χ1v) is 9.64. The average Bonchev–Trinajstić information content (AvgIpc) is 2.78. The normalized spacial score (nSPS) is 13.7. The minimum absolute atomic E-state index is 0.0378. The fraction of sp³-hybridized carbons (Fsp3) is 0.333. The van der Waals surface area contributed by atoms with Crippen LogP contribution in [0.1, 0.15) is 12.5 Å². The summed E-state index contributed by atoms with van der Waals surface area (Å²) in [6, 6.07) is 13.1. The van der Waals surface area contributed by atoms with E-state index in [0.717, 1.165) is 16.9 Å². The summed E-state index contributed by atoms with van der Waals surface area (Å²) in [5.74, 6) is 0.252. The van der Waals surface area contributed by atoms with E-state index in [2.05, 4.69) is 5.32 Å². The molecule has 9 nitrogen and oxygen atoms in total. The predicted octanol–water partition coefficient (Wildman–Crippen LogP) is 1.94. The Balaban J connectivity index is 1.61. The van der Waals surface area contributed by atoms with Crippen LogP contribution in [0.2, 0.25) is 0 Å². The number of morpholine rings is 1. The lowest BCUT2D eigenvalue weighted by Crippen LogP contribution is -2.41. The monoisotopic (exact) mass is 415 g/mol. The highest BCUT2D eigenvalue weighted by atomic mass is 16.5. The second-order valence-electron chi connectivity index (χ2n) is 6.54. The second-order valence-corrected chi connectivity index (χ2v) is 6.54. The van der Waals surface area contributed by atoms with Gasteiger partial charge in [0.15, 0.2) is 18.1 Å². The number of nitrogens with one attached hydrogen (secondary N) is 2. The van der Waals surface area contributed by atoms with Gasteiger partial charge in [0.1, 0.15) is 6.61 Å². The Labute approximate surface area is 174 Å². The standard InChI is InChI=1S/C21H25N3O6/c1-2-29-19-11-15(3-8-18(19)30-13-20(25)23-27)12-22-16-4-6-17(7-5-16)24-9-10-28-14-21(24)26/h3-8,11,22,27H,2,9-10,12-14H2,1H3,(H,23,25). The van der Waals surface area contributed by atoms with Crippen molar-refractivity contribution in [2.75, 3.05) is 43.2 Å². The Hall–Kier alpha value is -3.30. The molecule has 1 aliphatic rings. The van der Waals surface area contributed by atoms with Gasteiger partial charge in [-0.1, -0.05) is 6.07 Å². The molecule has 2 amide bonds. The number of carbonyl (C=O) groups excluding carboxylic acids is 2. The Bertz CT molecular complexity index is 872. The summed E-state index contributed by atoms with van der Waals surface area (Å²) in [7, 11) is 0. The van der Waals surface area contributed by atoms with Crippen LogP contribution in [0.15, 0.2) is 42.5 Å². The third kappa shape index (κ3) is 5.62. The van der Waals surface area contributed by atoms with Crippen molar-refractivity contribution < 1.29 is 29.0 Å². The molecule has 1 saturated heterocycles. The molecule has 1 aliphatic heterocycles. The number of anilines is 2. The van der Waals surface area contributed by atoms with Gasteiger partial charge in [0, 0.05) is 24.5 Å². The molecule has 3 rings (SSSR count). The van der Waals surface area contributed by atoms with E-state index in [1.165, 1.54) is 5.48 Å². The van der Waals surface area contributed by atoms with Crippen molar-refractivity contribution in [3.8, 4) is 11.5 Å². The highest BCUT2D eigenvalue weighted by Gasteiger charge is 2.19. The molecule has 9 heteroatoms. The number of nitrogens with zero attached hydrogens (tertiary/aromatic N) is 1. The zero-order valence-electron chi connectivity index (χ0n) is 16.7. The lowest BCUT2D eigenvalue weighted by Gasteiger charge is -2.27. The predicted molar refractivity (Wildman–Crippen MR) is 110 cm³/mol. The average molecular weight is 415 g/mol. The lowest BCUT2D eigenvalue weighted by molar-refractivity contribution is -0.131. The van der Waals surface area contributed by atoms with E-state index in [9.17, 15) is 9.59 Å². The smallest absolute Gasteiger partial charge is 0.281 e. The van der Waals surface area contributed by atoms with Gasteiger partial charge in [0.05, 0.1) is 13.2 Å². The van der Waals surface area contributed by atoms with Crippen molar-refractivity contribution in [3.63, 3.8) is 0 Å². The fourth-order valence-corrected chi connectivity index (χ4v) is 2.98. The first-order chi connectivity index (χ1) is 14.6. The molecule has 0 aliphatic carbocycles. The highest BCUT2D eigenvalue weighted by molar-refractivity contribution is 5.95. The van der Waals surface area contributed by atoms with Crippen molar-refractivity contribution in [3.05, 3.63) is 48.0 Å². The van der Waals surface area contributed by atoms with E-state index in [1.54, 1.807) is 11.0 Å². The van der Waals surface area contributed by atoms with Crippen LogP contribution in [-0.4, -0.2) is 50.0 Å². The summed E-state index contributed by atoms with van der Waals surface area (Å²) in [5.41, 5.74) is 4.25. The van der Waals surface area contributed by atoms with Crippen LogP contribution >= 0.6 is 0 Å². The number of hydrogen-bond acceptors (Lipinski definition) is 7. The van der Waals surface area contributed by atoms with Crippen LogP contribution in [-0.2, 0) is 20.9 Å². The maximum absolute atomic E-state index is 11.9. The van der Waals surface area contributed by atoms with Crippen molar-refractivity contribution in [1.82, 2.24) is 5.48 Å². The third-order valence-corrected chi connectivity index (χ3v) is 4.45. The molecule has 0 spiro atoms. The molecular weight excluding hydrogens is 390 g/mol. The summed E-state index contributed by atoms with van der Waals surface area (Å²) >= 11 is 0. The topological polar surface area (TPSA) is 109 Å². The van der Waals surface area contributed by atoms with Gasteiger partial charge in [-0.05, 0) is 48.9 Å². The van der Waals surface area contributed by atoms with Gasteiger partial charge >= 0.3 is 0 Å². The SMILES string of the molecule is CCOc1cc(CNc2ccc(N3CCOCC3=O)cc2)ccc1OCC(=O)NO. The van der Waals surface area contributed by atoms with E-state index in [4.69, 9.17) is 19.4 Å². The van der Waals surface area contributed by atoms with E-state index in [1.807, 2.05) is 43.3 Å². The highest BCUT2D eigenvalue weighted by Crippen LogP contribution is 2.29. The van der Waals surface area contributed by atoms with E-state index >= 15 is 0 Å². The molecule has 0 atom stereocenters. The van der Waals surface area contributed by atoms with Crippen LogP contribution in [0.4, 0.5) is 11.4 Å². The Morgan fingerprint density at radius 1 is 1.17 bits per heavy atom. The van der Waals surface area contributed by atoms with Crippen LogP contribution in [0.25, 0.3) is 0 Å². The largest absolute Gasteiger partial charge is 0.490 e. The summed E-state index contributed by atoms with van der Waals surface area (Å²) < 4.78 is 16.1. The number of hydrogen-bond donors (Lipinski definition) is 3. The number of rotatable bonds is 9. The molecule has 2 aromatic carbocycles. The Kier molecular flexibility index (Phi) is 7.47. The molecule has 2 aromatic rings.